The molecule has 3 heterocycles. The lowest BCUT2D eigenvalue weighted by Crippen LogP contribution is -2.47. The van der Waals surface area contributed by atoms with Gasteiger partial charge < -0.3 is 24.6 Å². The summed E-state index contributed by atoms with van der Waals surface area (Å²) in [5, 5.41) is 3.08. The number of nitrogens with zero attached hydrogens (tertiary/aromatic N) is 2. The van der Waals surface area contributed by atoms with Crippen LogP contribution in [0.15, 0.2) is 24.3 Å². The molecule has 1 aromatic carbocycles. The van der Waals surface area contributed by atoms with Crippen LogP contribution in [0.25, 0.3) is 0 Å². The number of rotatable bonds is 8. The van der Waals surface area contributed by atoms with Crippen LogP contribution >= 0.6 is 0 Å². The smallest absolute Gasteiger partial charge is 0.410 e. The van der Waals surface area contributed by atoms with Crippen molar-refractivity contribution in [3.63, 3.8) is 0 Å². The van der Waals surface area contributed by atoms with E-state index in [1.54, 1.807) is 0 Å². The summed E-state index contributed by atoms with van der Waals surface area (Å²) < 4.78 is 24.7. The highest BCUT2D eigenvalue weighted by atomic mass is 19.1. The highest BCUT2D eigenvalue weighted by Crippen LogP contribution is 2.36. The van der Waals surface area contributed by atoms with Crippen molar-refractivity contribution in [2.75, 3.05) is 45.9 Å². The molecule has 4 fully saturated rings. The van der Waals surface area contributed by atoms with Crippen molar-refractivity contribution in [3.8, 4) is 0 Å². The summed E-state index contributed by atoms with van der Waals surface area (Å²) in [6.45, 7) is 5.61. The van der Waals surface area contributed by atoms with E-state index < -0.39 is 0 Å². The van der Waals surface area contributed by atoms with Gasteiger partial charge in [0.25, 0.3) is 0 Å². The molecule has 3 saturated heterocycles. The summed E-state index contributed by atoms with van der Waals surface area (Å²) >= 11 is 0. The molecule has 1 atom stereocenters. The van der Waals surface area contributed by atoms with E-state index in [0.717, 1.165) is 96.1 Å². The van der Waals surface area contributed by atoms with E-state index in [2.05, 4.69) is 10.2 Å². The van der Waals surface area contributed by atoms with Gasteiger partial charge in [0.2, 0.25) is 5.91 Å². The first-order valence-corrected chi connectivity index (χ1v) is 13.8. The zero-order chi connectivity index (χ0) is 25.0. The fourth-order valence-electron chi connectivity index (χ4n) is 6.30. The number of ether oxygens (including phenoxy) is 2. The van der Waals surface area contributed by atoms with E-state index in [4.69, 9.17) is 9.47 Å². The zero-order valence-corrected chi connectivity index (χ0v) is 21.3. The Bertz CT molecular complexity index is 889. The monoisotopic (exact) mass is 501 g/mol. The van der Waals surface area contributed by atoms with Gasteiger partial charge in [0.15, 0.2) is 0 Å². The Morgan fingerprint density at radius 3 is 2.53 bits per heavy atom. The van der Waals surface area contributed by atoms with E-state index in [0.29, 0.717) is 19.0 Å². The Morgan fingerprint density at radius 1 is 1.08 bits per heavy atom. The van der Waals surface area contributed by atoms with Crippen LogP contribution in [0.3, 0.4) is 0 Å². The fourth-order valence-corrected chi connectivity index (χ4v) is 6.30. The predicted octanol–water partition coefficient (Wildman–Crippen LogP) is 3.76. The van der Waals surface area contributed by atoms with Gasteiger partial charge >= 0.3 is 6.09 Å². The minimum absolute atomic E-state index is 0.0822. The lowest BCUT2D eigenvalue weighted by Gasteiger charge is -2.37. The third-order valence-corrected chi connectivity index (χ3v) is 8.66. The van der Waals surface area contributed by atoms with Crippen molar-refractivity contribution < 1.29 is 23.5 Å². The van der Waals surface area contributed by atoms with Crippen molar-refractivity contribution in [1.82, 2.24) is 15.1 Å². The lowest BCUT2D eigenvalue weighted by atomic mass is 9.81. The third kappa shape index (κ3) is 6.38. The van der Waals surface area contributed by atoms with Gasteiger partial charge in [-0.15, -0.1) is 0 Å². The van der Waals surface area contributed by atoms with Gasteiger partial charge in [0, 0.05) is 58.1 Å². The number of amides is 2. The zero-order valence-electron chi connectivity index (χ0n) is 21.3. The second kappa shape index (κ2) is 11.5. The summed E-state index contributed by atoms with van der Waals surface area (Å²) in [5.41, 5.74) is 0.785. The highest BCUT2D eigenvalue weighted by Gasteiger charge is 2.47. The molecule has 0 aromatic heterocycles. The topological polar surface area (TPSA) is 71.1 Å². The number of benzene rings is 1. The normalized spacial score (nSPS) is 28.4. The molecule has 0 bridgehead atoms. The standard InChI is InChI=1S/C28H40FN3O4/c29-24-9-5-21(6-10-24)11-14-31-15-12-28(13-16-31)20-32(27(34)36-28)19-22-3-7-23(8-4-22)26(33)30-18-25-2-1-17-35-25/h5-6,9-10,22-23,25H,1-4,7-8,11-20H2,(H,30,33)/t22-,23-,25?. The average Bonchev–Trinajstić information content (AvgIpc) is 3.52. The molecular weight excluding hydrogens is 461 g/mol. The second-order valence-corrected chi connectivity index (χ2v) is 11.2. The maximum absolute atomic E-state index is 13.1. The van der Waals surface area contributed by atoms with E-state index in [1.807, 2.05) is 17.0 Å². The van der Waals surface area contributed by atoms with Crippen molar-refractivity contribution >= 4 is 12.0 Å². The van der Waals surface area contributed by atoms with Crippen LogP contribution in [0.5, 0.6) is 0 Å². The fraction of sp³-hybridized carbons (Fsp3) is 0.714. The summed E-state index contributed by atoms with van der Waals surface area (Å²) in [5.74, 6) is 0.481. The van der Waals surface area contributed by atoms with Gasteiger partial charge in [0.1, 0.15) is 11.4 Å². The molecule has 1 spiro atoms. The molecule has 8 heteroatoms. The molecule has 1 saturated carbocycles. The highest BCUT2D eigenvalue weighted by molar-refractivity contribution is 5.78. The molecular formula is C28H40FN3O4. The third-order valence-electron chi connectivity index (χ3n) is 8.66. The van der Waals surface area contributed by atoms with Crippen molar-refractivity contribution in [3.05, 3.63) is 35.6 Å². The van der Waals surface area contributed by atoms with Gasteiger partial charge in [-0.1, -0.05) is 12.1 Å². The number of hydrogen-bond acceptors (Lipinski definition) is 5. The molecule has 5 rings (SSSR count). The van der Waals surface area contributed by atoms with Gasteiger partial charge in [0.05, 0.1) is 12.6 Å². The molecule has 1 unspecified atom stereocenters. The minimum Gasteiger partial charge on any atom is -0.441 e. The second-order valence-electron chi connectivity index (χ2n) is 11.2. The number of likely N-dealkylation sites (tertiary alicyclic amines) is 1. The van der Waals surface area contributed by atoms with Crippen LogP contribution in [0.2, 0.25) is 0 Å². The first kappa shape index (κ1) is 25.5. The van der Waals surface area contributed by atoms with Gasteiger partial charge in [-0.05, 0) is 68.6 Å². The number of carbonyl (C=O) groups is 2. The average molecular weight is 502 g/mol. The van der Waals surface area contributed by atoms with Crippen LogP contribution in [0.1, 0.15) is 56.9 Å². The van der Waals surface area contributed by atoms with Crippen molar-refractivity contribution in [2.45, 2.75) is 69.5 Å². The Labute approximate surface area is 213 Å². The maximum Gasteiger partial charge on any atom is 0.410 e. The van der Waals surface area contributed by atoms with Crippen LogP contribution < -0.4 is 5.32 Å². The predicted molar refractivity (Wildman–Crippen MR) is 134 cm³/mol. The summed E-state index contributed by atoms with van der Waals surface area (Å²) in [7, 11) is 0. The van der Waals surface area contributed by atoms with Gasteiger partial charge in [-0.3, -0.25) is 4.79 Å². The van der Waals surface area contributed by atoms with Gasteiger partial charge in [-0.25, -0.2) is 9.18 Å². The van der Waals surface area contributed by atoms with E-state index in [1.165, 1.54) is 12.1 Å². The number of halogens is 1. The summed E-state index contributed by atoms with van der Waals surface area (Å²) in [6.07, 6.45) is 8.47. The van der Waals surface area contributed by atoms with Crippen LogP contribution in [-0.4, -0.2) is 79.4 Å². The molecule has 198 valence electrons. The van der Waals surface area contributed by atoms with Crippen LogP contribution in [-0.2, 0) is 20.7 Å². The Balaban J connectivity index is 1.01. The number of carbonyl (C=O) groups excluding carboxylic acids is 2. The van der Waals surface area contributed by atoms with Crippen molar-refractivity contribution in [1.29, 1.82) is 0 Å². The summed E-state index contributed by atoms with van der Waals surface area (Å²) in [4.78, 5) is 29.6. The quantitative estimate of drug-likeness (QED) is 0.588. The minimum atomic E-state index is -0.358. The number of hydrogen-bond donors (Lipinski definition) is 1. The Hall–Kier alpha value is -2.19. The molecule has 0 radical (unpaired) electrons. The molecule has 4 aliphatic rings. The lowest BCUT2D eigenvalue weighted by molar-refractivity contribution is -0.126. The summed E-state index contributed by atoms with van der Waals surface area (Å²) in [6, 6.07) is 6.73. The first-order valence-electron chi connectivity index (χ1n) is 13.8. The van der Waals surface area contributed by atoms with Crippen LogP contribution in [0.4, 0.5) is 9.18 Å². The molecule has 36 heavy (non-hydrogen) atoms. The maximum atomic E-state index is 13.1. The SMILES string of the molecule is O=C1OC2(CCN(CCc3ccc(F)cc3)CC2)CN1C[C@H]1CC[C@H](C(=O)NCC2CCCO2)CC1. The molecule has 1 N–H and O–H groups in total. The Kier molecular flexibility index (Phi) is 8.11. The largest absolute Gasteiger partial charge is 0.441 e. The molecule has 1 aliphatic carbocycles. The molecule has 1 aromatic rings. The first-order chi connectivity index (χ1) is 17.5. The number of nitrogens with one attached hydrogen (secondary N) is 1. The molecule has 7 nitrogen and oxygen atoms in total. The van der Waals surface area contributed by atoms with E-state index in [-0.39, 0.29) is 35.4 Å². The van der Waals surface area contributed by atoms with Crippen molar-refractivity contribution in [2.24, 2.45) is 11.8 Å². The van der Waals surface area contributed by atoms with Gasteiger partial charge in [-0.2, -0.15) is 0 Å². The van der Waals surface area contributed by atoms with Crippen LogP contribution in [0, 0.1) is 17.7 Å². The van der Waals surface area contributed by atoms with E-state index in [9.17, 15) is 14.0 Å². The number of piperidine rings is 1. The molecule has 2 amide bonds. The molecule has 3 aliphatic heterocycles. The Morgan fingerprint density at radius 2 is 1.83 bits per heavy atom. The van der Waals surface area contributed by atoms with E-state index >= 15 is 0 Å².